The lowest BCUT2D eigenvalue weighted by Gasteiger charge is -2.08. The number of hydrogen-bond acceptors (Lipinski definition) is 3. The molecular formula is C13H11N3. The highest BCUT2D eigenvalue weighted by molar-refractivity contribution is 5.62. The molecule has 0 aliphatic rings. The van der Waals surface area contributed by atoms with E-state index < -0.39 is 0 Å². The molecule has 0 unspecified atom stereocenters. The maximum Gasteiger partial charge on any atom is 0.0991 e. The molecule has 3 heteroatoms. The van der Waals surface area contributed by atoms with Gasteiger partial charge in [0.2, 0.25) is 0 Å². The first-order valence-corrected chi connectivity index (χ1v) is 4.97. The van der Waals surface area contributed by atoms with Crippen LogP contribution >= 0.6 is 0 Å². The van der Waals surface area contributed by atoms with Crippen molar-refractivity contribution in [1.82, 2.24) is 4.98 Å². The van der Waals surface area contributed by atoms with Crippen molar-refractivity contribution in [2.45, 2.75) is 6.92 Å². The number of aromatic nitrogens is 1. The lowest BCUT2D eigenvalue weighted by molar-refractivity contribution is 1.28. The summed E-state index contributed by atoms with van der Waals surface area (Å²) < 4.78 is 0. The zero-order valence-electron chi connectivity index (χ0n) is 8.94. The Balaban J connectivity index is 2.22. The Labute approximate surface area is 94.4 Å². The van der Waals surface area contributed by atoms with Crippen molar-refractivity contribution < 1.29 is 0 Å². The lowest BCUT2D eigenvalue weighted by atomic mass is 10.2. The van der Waals surface area contributed by atoms with Crippen LogP contribution in [0.3, 0.4) is 0 Å². The van der Waals surface area contributed by atoms with E-state index in [1.807, 2.05) is 25.1 Å². The quantitative estimate of drug-likeness (QED) is 0.827. The van der Waals surface area contributed by atoms with Crippen LogP contribution in [0.5, 0.6) is 0 Å². The molecule has 0 aliphatic heterocycles. The van der Waals surface area contributed by atoms with Gasteiger partial charge in [0, 0.05) is 11.9 Å². The smallest absolute Gasteiger partial charge is 0.0991 e. The number of hydrogen-bond donors (Lipinski definition) is 1. The van der Waals surface area contributed by atoms with Crippen molar-refractivity contribution in [3.63, 3.8) is 0 Å². The summed E-state index contributed by atoms with van der Waals surface area (Å²) in [6, 6.07) is 11.4. The molecule has 16 heavy (non-hydrogen) atoms. The fraction of sp³-hybridized carbons (Fsp3) is 0.0769. The molecular weight excluding hydrogens is 198 g/mol. The third kappa shape index (κ3) is 2.18. The highest BCUT2D eigenvalue weighted by Crippen LogP contribution is 2.19. The molecule has 0 saturated carbocycles. The van der Waals surface area contributed by atoms with Crippen molar-refractivity contribution in [3.05, 3.63) is 53.9 Å². The summed E-state index contributed by atoms with van der Waals surface area (Å²) in [5.41, 5.74) is 3.73. The van der Waals surface area contributed by atoms with Gasteiger partial charge < -0.3 is 5.32 Å². The van der Waals surface area contributed by atoms with Crippen molar-refractivity contribution in [3.8, 4) is 6.07 Å². The molecule has 0 radical (unpaired) electrons. The Morgan fingerprint density at radius 2 is 1.94 bits per heavy atom. The SMILES string of the molecule is Cc1ccncc1Nc1ccc(C#N)cc1. The van der Waals surface area contributed by atoms with Gasteiger partial charge in [0.25, 0.3) is 0 Å². The fourth-order valence-electron chi connectivity index (χ4n) is 1.38. The van der Waals surface area contributed by atoms with Gasteiger partial charge in [-0.05, 0) is 42.8 Å². The van der Waals surface area contributed by atoms with Gasteiger partial charge in [-0.3, -0.25) is 4.98 Å². The number of nitriles is 1. The van der Waals surface area contributed by atoms with E-state index in [2.05, 4.69) is 16.4 Å². The van der Waals surface area contributed by atoms with Crippen LogP contribution in [0, 0.1) is 18.3 Å². The predicted molar refractivity (Wildman–Crippen MR) is 63.4 cm³/mol. The third-order valence-corrected chi connectivity index (χ3v) is 2.33. The number of rotatable bonds is 2. The zero-order chi connectivity index (χ0) is 11.4. The lowest BCUT2D eigenvalue weighted by Crippen LogP contribution is -1.93. The molecule has 1 aromatic carbocycles. The van der Waals surface area contributed by atoms with Crippen LogP contribution < -0.4 is 5.32 Å². The van der Waals surface area contributed by atoms with Gasteiger partial charge in [0.1, 0.15) is 0 Å². The molecule has 1 aromatic heterocycles. The highest BCUT2D eigenvalue weighted by atomic mass is 14.9. The van der Waals surface area contributed by atoms with Gasteiger partial charge in [-0.1, -0.05) is 0 Å². The van der Waals surface area contributed by atoms with E-state index in [-0.39, 0.29) is 0 Å². The van der Waals surface area contributed by atoms with Crippen LogP contribution in [0.25, 0.3) is 0 Å². The maximum absolute atomic E-state index is 8.68. The Hall–Kier alpha value is -2.34. The second kappa shape index (κ2) is 4.45. The minimum Gasteiger partial charge on any atom is -0.354 e. The van der Waals surface area contributed by atoms with E-state index in [9.17, 15) is 0 Å². The first-order valence-electron chi connectivity index (χ1n) is 4.97. The summed E-state index contributed by atoms with van der Waals surface area (Å²) in [6.07, 6.45) is 3.55. The summed E-state index contributed by atoms with van der Waals surface area (Å²) in [7, 11) is 0. The van der Waals surface area contributed by atoms with E-state index in [0.717, 1.165) is 16.9 Å². The molecule has 0 spiro atoms. The van der Waals surface area contributed by atoms with Crippen LogP contribution in [-0.2, 0) is 0 Å². The van der Waals surface area contributed by atoms with Gasteiger partial charge in [-0.2, -0.15) is 5.26 Å². The number of benzene rings is 1. The van der Waals surface area contributed by atoms with Gasteiger partial charge in [-0.25, -0.2) is 0 Å². The maximum atomic E-state index is 8.68. The Morgan fingerprint density at radius 3 is 2.56 bits per heavy atom. The molecule has 0 saturated heterocycles. The van der Waals surface area contributed by atoms with Crippen LogP contribution in [0.1, 0.15) is 11.1 Å². The van der Waals surface area contributed by atoms with E-state index in [4.69, 9.17) is 5.26 Å². The average molecular weight is 209 g/mol. The molecule has 0 atom stereocenters. The summed E-state index contributed by atoms with van der Waals surface area (Å²) >= 11 is 0. The number of aryl methyl sites for hydroxylation is 1. The Bertz CT molecular complexity index is 524. The second-order valence-electron chi connectivity index (χ2n) is 3.50. The molecule has 1 N–H and O–H groups in total. The van der Waals surface area contributed by atoms with Crippen molar-refractivity contribution in [2.24, 2.45) is 0 Å². The molecule has 0 aliphatic carbocycles. The molecule has 0 bridgehead atoms. The van der Waals surface area contributed by atoms with Crippen molar-refractivity contribution in [1.29, 1.82) is 5.26 Å². The minimum atomic E-state index is 0.661. The standard InChI is InChI=1S/C13H11N3/c1-10-6-7-15-9-13(10)16-12-4-2-11(8-14)3-5-12/h2-7,9,16H,1H3. The summed E-state index contributed by atoms with van der Waals surface area (Å²) in [5.74, 6) is 0. The molecule has 1 heterocycles. The average Bonchev–Trinajstić information content (AvgIpc) is 2.33. The van der Waals surface area contributed by atoms with Gasteiger partial charge in [0.05, 0.1) is 23.5 Å². The minimum absolute atomic E-state index is 0.661. The summed E-state index contributed by atoms with van der Waals surface area (Å²) in [6.45, 7) is 2.02. The van der Waals surface area contributed by atoms with Gasteiger partial charge in [-0.15, -0.1) is 0 Å². The molecule has 2 aromatic rings. The predicted octanol–water partition coefficient (Wildman–Crippen LogP) is 3.01. The molecule has 3 nitrogen and oxygen atoms in total. The number of pyridine rings is 1. The van der Waals surface area contributed by atoms with Crippen LogP contribution in [0.15, 0.2) is 42.7 Å². The second-order valence-corrected chi connectivity index (χ2v) is 3.50. The number of anilines is 2. The zero-order valence-corrected chi connectivity index (χ0v) is 8.94. The first kappa shape index (κ1) is 10.2. The van der Waals surface area contributed by atoms with E-state index in [1.165, 1.54) is 0 Å². The van der Waals surface area contributed by atoms with Crippen LogP contribution in [0.4, 0.5) is 11.4 Å². The fourth-order valence-corrected chi connectivity index (χ4v) is 1.38. The first-order chi connectivity index (χ1) is 7.79. The van der Waals surface area contributed by atoms with Crippen LogP contribution in [-0.4, -0.2) is 4.98 Å². The van der Waals surface area contributed by atoms with Gasteiger partial charge >= 0.3 is 0 Å². The summed E-state index contributed by atoms with van der Waals surface area (Å²) in [5, 5.41) is 11.9. The number of nitrogens with zero attached hydrogens (tertiary/aromatic N) is 2. The highest BCUT2D eigenvalue weighted by Gasteiger charge is 1.98. The van der Waals surface area contributed by atoms with Crippen LogP contribution in [0.2, 0.25) is 0 Å². The molecule has 0 amide bonds. The molecule has 0 fully saturated rings. The topological polar surface area (TPSA) is 48.7 Å². The summed E-state index contributed by atoms with van der Waals surface area (Å²) in [4.78, 5) is 4.06. The van der Waals surface area contributed by atoms with E-state index in [0.29, 0.717) is 5.56 Å². The molecule has 2 rings (SSSR count). The van der Waals surface area contributed by atoms with Crippen molar-refractivity contribution in [2.75, 3.05) is 5.32 Å². The van der Waals surface area contributed by atoms with E-state index >= 15 is 0 Å². The Kier molecular flexibility index (Phi) is 2.84. The normalized spacial score (nSPS) is 9.50. The Morgan fingerprint density at radius 1 is 1.19 bits per heavy atom. The number of nitrogens with one attached hydrogen (secondary N) is 1. The monoisotopic (exact) mass is 209 g/mol. The van der Waals surface area contributed by atoms with E-state index in [1.54, 1.807) is 24.5 Å². The largest absolute Gasteiger partial charge is 0.354 e. The van der Waals surface area contributed by atoms with Crippen molar-refractivity contribution >= 4 is 11.4 Å². The molecule has 78 valence electrons. The third-order valence-electron chi connectivity index (χ3n) is 2.33. The van der Waals surface area contributed by atoms with Gasteiger partial charge in [0.15, 0.2) is 0 Å².